The van der Waals surface area contributed by atoms with Crippen LogP contribution in [0.15, 0.2) is 169 Å². The molecule has 49 heavy (non-hydrogen) atoms. The van der Waals surface area contributed by atoms with Gasteiger partial charge in [0.1, 0.15) is 0 Å². The first-order valence-electron chi connectivity index (χ1n) is 31.1. The summed E-state index contributed by atoms with van der Waals surface area (Å²) in [7, 11) is 0. The highest BCUT2D eigenvalue weighted by Crippen LogP contribution is 2.50. The van der Waals surface area contributed by atoms with Crippen molar-refractivity contribution in [2.45, 2.75) is 19.1 Å². The van der Waals surface area contributed by atoms with E-state index in [-0.39, 0.29) is 0 Å². The zero-order valence-electron chi connectivity index (χ0n) is 58.4. The van der Waals surface area contributed by atoms with Crippen molar-refractivity contribution >= 4 is 10.8 Å². The minimum Gasteiger partial charge on any atom is -0.228 e. The van der Waals surface area contributed by atoms with Crippen LogP contribution >= 0.6 is 0 Å². The van der Waals surface area contributed by atoms with E-state index in [0.29, 0.717) is 0 Å². The van der Waals surface area contributed by atoms with E-state index in [2.05, 4.69) is 9.97 Å². The van der Waals surface area contributed by atoms with Gasteiger partial charge in [0.15, 0.2) is 5.82 Å². The highest BCUT2D eigenvalue weighted by molar-refractivity contribution is 6.05. The van der Waals surface area contributed by atoms with Gasteiger partial charge in [0.25, 0.3) is 0 Å². The molecule has 7 aromatic carbocycles. The maximum Gasteiger partial charge on any atom is 0.160 e. The second kappa shape index (κ2) is 11.5. The lowest BCUT2D eigenvalue weighted by atomic mass is 9.81. The van der Waals surface area contributed by atoms with Crippen molar-refractivity contribution < 1.29 is 46.6 Å². The average molecular weight is 661 g/mol. The lowest BCUT2D eigenvalue weighted by Crippen LogP contribution is -2.14. The Hall–Kier alpha value is -6.12. The van der Waals surface area contributed by atoms with Crippen molar-refractivity contribution in [3.8, 4) is 67.3 Å². The summed E-state index contributed by atoms with van der Waals surface area (Å²) in [5.41, 5.74) is -16.5. The van der Waals surface area contributed by atoms with Gasteiger partial charge in [-0.05, 0) is 67.4 Å². The predicted molar refractivity (Wildman–Crippen MR) is 204 cm³/mol. The van der Waals surface area contributed by atoms with Gasteiger partial charge in [0.2, 0.25) is 0 Å². The highest BCUT2D eigenvalue weighted by Gasteiger charge is 2.35. The van der Waals surface area contributed by atoms with E-state index in [4.69, 9.17) is 32.9 Å². The van der Waals surface area contributed by atoms with E-state index >= 15 is 0 Å². The number of hydrogen-bond acceptors (Lipinski definition) is 2. The highest BCUT2D eigenvalue weighted by atomic mass is 14.9. The SMILES string of the molecule is [2H]c1c(-c2c([2H])c([2H])c(-c3c([2H])c([2H])c([2H])c([2H])c3[2H])c([2H])c2[2H])nc(-c2c([2H])c([2H])c([2H])c([2H])c2[2H])nc1-c1c([2H])c([2H])c(-c2c([2H])c([2H])c3c(c2[2H])C(C([2H])([2H])[2H])(C([2H])([2H])[2H])c2c([2H])c([2H])c([2H])c([2H])c2-3)c2c([2H])c([2H])c([2H])c([2H])c12. The van der Waals surface area contributed by atoms with Gasteiger partial charge in [-0.15, -0.1) is 0 Å². The zero-order chi connectivity index (χ0) is 62.3. The van der Waals surface area contributed by atoms with Crippen LogP contribution in [0.5, 0.6) is 0 Å². The molecule has 8 aromatic rings. The van der Waals surface area contributed by atoms with Crippen molar-refractivity contribution in [1.82, 2.24) is 9.97 Å². The molecule has 0 unspecified atom stereocenters. The molecule has 1 aromatic heterocycles. The fourth-order valence-electron chi connectivity index (χ4n) is 5.26. The molecule has 0 saturated heterocycles. The minimum atomic E-state index is -3.92. The molecule has 0 N–H and O–H groups in total. The first-order chi connectivity index (χ1) is 38.2. The monoisotopic (exact) mass is 660 g/mol. The number of rotatable bonds is 5. The number of nitrogens with zero attached hydrogens (tertiary/aromatic N) is 2. The Morgan fingerprint density at radius 3 is 1.69 bits per heavy atom. The van der Waals surface area contributed by atoms with Crippen molar-refractivity contribution in [2.75, 3.05) is 0 Å². The first-order valence-corrected chi connectivity index (χ1v) is 14.1. The summed E-state index contributed by atoms with van der Waals surface area (Å²) >= 11 is 0. The second-order valence-corrected chi connectivity index (χ2v) is 10.4. The fraction of sp³-hybridized carbons (Fsp3) is 0.0638. The summed E-state index contributed by atoms with van der Waals surface area (Å²) in [6.45, 7) is -7.85. The Bertz CT molecular complexity index is 4230. The molecule has 0 radical (unpaired) electrons. The average Bonchev–Trinajstić information content (AvgIpc) is 1.57. The number of hydrogen-bond donors (Lipinski definition) is 0. The topological polar surface area (TPSA) is 25.8 Å². The molecule has 2 nitrogen and oxygen atoms in total. The molecule has 2 heteroatoms. The van der Waals surface area contributed by atoms with Gasteiger partial charge in [-0.3, -0.25) is 0 Å². The number of aromatic nitrogens is 2. The van der Waals surface area contributed by atoms with Gasteiger partial charge in [-0.25, -0.2) is 9.97 Å². The summed E-state index contributed by atoms with van der Waals surface area (Å²) in [6, 6.07) is -30.7. The summed E-state index contributed by atoms with van der Waals surface area (Å²) in [5.74, 6) is -1.02. The number of fused-ring (bicyclic) bond motifs is 4. The summed E-state index contributed by atoms with van der Waals surface area (Å²) in [6.07, 6.45) is 0. The fourth-order valence-corrected chi connectivity index (χ4v) is 5.26. The van der Waals surface area contributed by atoms with Crippen LogP contribution < -0.4 is 0 Å². The smallest absolute Gasteiger partial charge is 0.160 e. The molecule has 232 valence electrons. The maximum absolute atomic E-state index is 9.79. The van der Waals surface area contributed by atoms with Crippen molar-refractivity contribution in [3.05, 3.63) is 180 Å². The quantitative estimate of drug-likeness (QED) is 0.184. The van der Waals surface area contributed by atoms with Crippen LogP contribution in [0.25, 0.3) is 78.1 Å². The molecule has 1 heterocycles. The van der Waals surface area contributed by atoms with E-state index in [9.17, 15) is 13.7 Å². The van der Waals surface area contributed by atoms with Gasteiger partial charge in [-0.1, -0.05) is 171 Å². The van der Waals surface area contributed by atoms with Crippen LogP contribution in [0.4, 0.5) is 0 Å². The Balaban J connectivity index is 1.50. The zero-order valence-corrected chi connectivity index (χ0v) is 24.4. The molecular formula is C47H34N2. The second-order valence-electron chi connectivity index (χ2n) is 10.4. The molecule has 0 atom stereocenters. The summed E-state index contributed by atoms with van der Waals surface area (Å²) < 4.78 is 303. The maximum atomic E-state index is 9.79. The minimum absolute atomic E-state index is 0.790. The standard InChI is InChI=1S/C47H34N2/c1-47(2)42-20-12-11-19-39(42)40-26-25-35(29-43(40)47)36-27-28-41(38-18-10-9-17-37(36)38)45-30-44(48-46(49-45)34-15-7-4-8-16-34)33-23-21-32(22-24-33)31-13-5-3-6-14-31/h3-30H,1-2H3/i1D3,2D3,3D,4D,5D,6D,7D,8D,9D,10D,11D,12D,13D,14D,15D,16D,17D,18D,19D,20D,21D,22D,23D,24D,25D,26D,27D,28D,29D,30D. The van der Waals surface area contributed by atoms with Crippen LogP contribution in [-0.2, 0) is 5.41 Å². The molecule has 1 aliphatic rings. The predicted octanol–water partition coefficient (Wildman–Crippen LogP) is 12.3. The Morgan fingerprint density at radius 1 is 0.408 bits per heavy atom. The van der Waals surface area contributed by atoms with E-state index < -0.39 is 277 Å². The first kappa shape index (κ1) is 10.4. The van der Waals surface area contributed by atoms with Crippen molar-refractivity contribution in [1.29, 1.82) is 0 Å². The normalized spacial score (nSPS) is 23.2. The van der Waals surface area contributed by atoms with E-state index in [0.717, 1.165) is 0 Å². The Labute approximate surface area is 335 Å². The summed E-state index contributed by atoms with van der Waals surface area (Å²) in [5, 5.41) is -1.93. The third-order valence-corrected chi connectivity index (χ3v) is 7.49. The lowest BCUT2D eigenvalue weighted by Gasteiger charge is -2.22. The van der Waals surface area contributed by atoms with Gasteiger partial charge >= 0.3 is 0 Å². The van der Waals surface area contributed by atoms with Gasteiger partial charge in [-0.2, -0.15) is 0 Å². The van der Waals surface area contributed by atoms with Crippen LogP contribution in [-0.4, -0.2) is 9.97 Å². The van der Waals surface area contributed by atoms with E-state index in [1.54, 1.807) is 0 Å². The molecule has 9 rings (SSSR count). The number of benzene rings is 7. The van der Waals surface area contributed by atoms with E-state index in [1.165, 1.54) is 0 Å². The van der Waals surface area contributed by atoms with Gasteiger partial charge in [0, 0.05) is 30.3 Å². The van der Waals surface area contributed by atoms with Gasteiger partial charge in [0.05, 0.1) is 49.8 Å². The molecule has 1 aliphatic carbocycles. The molecule has 0 amide bonds. The lowest BCUT2D eigenvalue weighted by molar-refractivity contribution is 0.660. The third kappa shape index (κ3) is 4.96. The van der Waals surface area contributed by atoms with Gasteiger partial charge < -0.3 is 0 Å². The van der Waals surface area contributed by atoms with Crippen LogP contribution in [0.3, 0.4) is 0 Å². The Kier molecular flexibility index (Phi) is 2.46. The van der Waals surface area contributed by atoms with Crippen LogP contribution in [0.2, 0.25) is 0 Å². The van der Waals surface area contributed by atoms with Crippen LogP contribution in [0, 0.1) is 0 Å². The molecule has 0 saturated carbocycles. The molecular weight excluding hydrogens is 593 g/mol. The third-order valence-electron chi connectivity index (χ3n) is 7.49. The molecule has 0 fully saturated rings. The largest absolute Gasteiger partial charge is 0.228 e. The molecule has 0 aliphatic heterocycles. The van der Waals surface area contributed by atoms with Crippen molar-refractivity contribution in [3.63, 3.8) is 0 Å². The van der Waals surface area contributed by atoms with E-state index in [1.807, 2.05) is 0 Å². The van der Waals surface area contributed by atoms with Crippen LogP contribution in [0.1, 0.15) is 71.4 Å². The summed E-state index contributed by atoms with van der Waals surface area (Å²) in [4.78, 5) is 8.55. The molecule has 0 spiro atoms. The van der Waals surface area contributed by atoms with Crippen molar-refractivity contribution in [2.24, 2.45) is 0 Å². The Morgan fingerprint density at radius 2 is 0.939 bits per heavy atom. The molecule has 0 bridgehead atoms.